The van der Waals surface area contributed by atoms with Gasteiger partial charge >= 0.3 is 23.9 Å². The Morgan fingerprint density at radius 2 is 0.620 bits per heavy atom. The number of rotatable bonds is 6. The number of hydrogen-bond acceptors (Lipinski definition) is 8. The fourth-order valence-corrected chi connectivity index (χ4v) is 6.01. The molecule has 3 aliphatic rings. The molecular formula is C42H32O8. The summed E-state index contributed by atoms with van der Waals surface area (Å²) in [6, 6.07) is 34.5. The van der Waals surface area contributed by atoms with E-state index in [9.17, 15) is 19.2 Å². The molecule has 0 bridgehead atoms. The van der Waals surface area contributed by atoms with Crippen LogP contribution in [0, 0.1) is 0 Å². The van der Waals surface area contributed by atoms with Crippen molar-refractivity contribution >= 4 is 60.3 Å². The van der Waals surface area contributed by atoms with E-state index in [4.69, 9.17) is 18.9 Å². The molecule has 1 aliphatic carbocycles. The number of carbonyl (C=O) groups is 4. The quantitative estimate of drug-likeness (QED) is 0.0896. The standard InChI is InChI=1S/C42H32O8/c43-37-35(27-33-19-15-31(16-20-33)13-11-29-7-3-1-4-8-29)38(44)48-41(47-37)23-25-42(26-24-41)49-39(45)36(40(46)50-42)28-34-21-17-32(18-22-34)14-12-30-9-5-2-6-10-30/h1-22,27-28H,23-26H2. The van der Waals surface area contributed by atoms with Crippen molar-refractivity contribution in [2.75, 3.05) is 0 Å². The minimum absolute atomic E-state index is 0.0161. The molecule has 8 nitrogen and oxygen atoms in total. The van der Waals surface area contributed by atoms with Crippen LogP contribution in [0.5, 0.6) is 0 Å². The number of hydrogen-bond donors (Lipinski definition) is 0. The van der Waals surface area contributed by atoms with E-state index in [-0.39, 0.29) is 36.8 Å². The molecule has 0 N–H and O–H groups in total. The summed E-state index contributed by atoms with van der Waals surface area (Å²) in [5, 5.41) is 0. The Kier molecular flexibility index (Phi) is 8.83. The van der Waals surface area contributed by atoms with Gasteiger partial charge in [-0.2, -0.15) is 0 Å². The molecule has 2 spiro atoms. The van der Waals surface area contributed by atoms with Crippen LogP contribution in [-0.4, -0.2) is 35.5 Å². The maximum absolute atomic E-state index is 13.0. The van der Waals surface area contributed by atoms with Gasteiger partial charge < -0.3 is 18.9 Å². The molecule has 0 atom stereocenters. The fraction of sp³-hybridized carbons (Fsp3) is 0.143. The van der Waals surface area contributed by atoms with E-state index in [1.54, 1.807) is 24.3 Å². The van der Waals surface area contributed by atoms with E-state index >= 15 is 0 Å². The molecule has 0 unspecified atom stereocenters. The van der Waals surface area contributed by atoms with Crippen molar-refractivity contribution < 1.29 is 38.1 Å². The third-order valence-electron chi connectivity index (χ3n) is 8.80. The van der Waals surface area contributed by atoms with Crippen LogP contribution >= 0.6 is 0 Å². The van der Waals surface area contributed by atoms with Gasteiger partial charge in [0.05, 0.1) is 0 Å². The lowest BCUT2D eigenvalue weighted by molar-refractivity contribution is -0.291. The number of ether oxygens (including phenoxy) is 4. The second kappa shape index (κ2) is 13.7. The summed E-state index contributed by atoms with van der Waals surface area (Å²) in [5.74, 6) is -6.34. The molecule has 248 valence electrons. The molecule has 50 heavy (non-hydrogen) atoms. The minimum Gasteiger partial charge on any atom is -0.419 e. The second-order valence-electron chi connectivity index (χ2n) is 12.3. The van der Waals surface area contributed by atoms with Gasteiger partial charge in [0.1, 0.15) is 11.1 Å². The van der Waals surface area contributed by atoms with Crippen molar-refractivity contribution in [2.24, 2.45) is 0 Å². The highest BCUT2D eigenvalue weighted by molar-refractivity contribution is 6.19. The first-order valence-corrected chi connectivity index (χ1v) is 16.3. The minimum atomic E-state index is -1.55. The van der Waals surface area contributed by atoms with Crippen LogP contribution in [0.1, 0.15) is 59.1 Å². The van der Waals surface area contributed by atoms with Crippen LogP contribution in [0.4, 0.5) is 0 Å². The number of benzene rings is 4. The van der Waals surface area contributed by atoms with Crippen molar-refractivity contribution in [1.29, 1.82) is 0 Å². The molecule has 4 aromatic carbocycles. The van der Waals surface area contributed by atoms with E-state index < -0.39 is 35.5 Å². The van der Waals surface area contributed by atoms with Crippen molar-refractivity contribution in [3.05, 3.63) is 154 Å². The summed E-state index contributed by atoms with van der Waals surface area (Å²) < 4.78 is 22.7. The summed E-state index contributed by atoms with van der Waals surface area (Å²) >= 11 is 0. The normalized spacial score (nSPS) is 22.0. The third-order valence-corrected chi connectivity index (χ3v) is 8.80. The van der Waals surface area contributed by atoms with E-state index in [1.165, 1.54) is 12.2 Å². The Morgan fingerprint density at radius 1 is 0.360 bits per heavy atom. The lowest BCUT2D eigenvalue weighted by atomic mass is 9.87. The van der Waals surface area contributed by atoms with Gasteiger partial charge in [-0.25, -0.2) is 19.2 Å². The summed E-state index contributed by atoms with van der Waals surface area (Å²) in [4.78, 5) is 52.1. The van der Waals surface area contributed by atoms with E-state index in [1.807, 2.05) is 109 Å². The van der Waals surface area contributed by atoms with Gasteiger partial charge in [-0.1, -0.05) is 133 Å². The van der Waals surface area contributed by atoms with Crippen molar-refractivity contribution in [3.63, 3.8) is 0 Å². The monoisotopic (exact) mass is 664 g/mol. The zero-order valence-electron chi connectivity index (χ0n) is 27.0. The Labute approximate surface area is 288 Å². The Bertz CT molecular complexity index is 1850. The largest absolute Gasteiger partial charge is 0.419 e. The molecule has 8 heteroatoms. The van der Waals surface area contributed by atoms with Crippen LogP contribution in [0.3, 0.4) is 0 Å². The first-order chi connectivity index (χ1) is 24.3. The smallest absolute Gasteiger partial charge is 0.348 e. The fourth-order valence-electron chi connectivity index (χ4n) is 6.01. The highest BCUT2D eigenvalue weighted by Crippen LogP contribution is 2.45. The van der Waals surface area contributed by atoms with E-state index in [2.05, 4.69) is 0 Å². The first kappa shape index (κ1) is 32.3. The van der Waals surface area contributed by atoms with Crippen molar-refractivity contribution in [1.82, 2.24) is 0 Å². The third kappa shape index (κ3) is 7.24. The molecule has 2 saturated heterocycles. The molecule has 1 saturated carbocycles. The summed E-state index contributed by atoms with van der Waals surface area (Å²) in [5.41, 5.74) is 4.85. The Morgan fingerprint density at radius 3 is 0.920 bits per heavy atom. The number of esters is 4. The van der Waals surface area contributed by atoms with Gasteiger partial charge in [0.15, 0.2) is 0 Å². The van der Waals surface area contributed by atoms with E-state index in [0.717, 1.165) is 22.3 Å². The molecule has 7 rings (SSSR count). The molecule has 2 aliphatic heterocycles. The van der Waals surface area contributed by atoms with Crippen molar-refractivity contribution in [2.45, 2.75) is 37.3 Å². The molecular weight excluding hydrogens is 632 g/mol. The summed E-state index contributed by atoms with van der Waals surface area (Å²) in [7, 11) is 0. The predicted octanol–water partition coefficient (Wildman–Crippen LogP) is 7.66. The Hall–Kier alpha value is -6.28. The van der Waals surface area contributed by atoms with Gasteiger partial charge in [0, 0.05) is 25.7 Å². The highest BCUT2D eigenvalue weighted by Gasteiger charge is 2.56. The molecule has 2 heterocycles. The number of carbonyl (C=O) groups excluding carboxylic acids is 4. The lowest BCUT2D eigenvalue weighted by Crippen LogP contribution is -2.56. The van der Waals surface area contributed by atoms with Crippen LogP contribution in [0.2, 0.25) is 0 Å². The lowest BCUT2D eigenvalue weighted by Gasteiger charge is -2.46. The molecule has 0 radical (unpaired) electrons. The SMILES string of the molecule is O=C1OC2(CCC3(CC2)OC(=O)C(=Cc2ccc(C=Cc4ccccc4)cc2)C(=O)O3)OC(=O)C1=Cc1ccc(C=Cc2ccccc2)cc1. The predicted molar refractivity (Wildman–Crippen MR) is 188 cm³/mol. The average Bonchev–Trinajstić information content (AvgIpc) is 3.13. The summed E-state index contributed by atoms with van der Waals surface area (Å²) in [6.45, 7) is 0. The zero-order valence-corrected chi connectivity index (χ0v) is 27.0. The van der Waals surface area contributed by atoms with Gasteiger partial charge in [0.25, 0.3) is 11.6 Å². The van der Waals surface area contributed by atoms with Crippen LogP contribution in [0.25, 0.3) is 36.5 Å². The van der Waals surface area contributed by atoms with Gasteiger partial charge in [-0.05, 0) is 45.5 Å². The van der Waals surface area contributed by atoms with Crippen LogP contribution < -0.4 is 0 Å². The topological polar surface area (TPSA) is 105 Å². The first-order valence-electron chi connectivity index (χ1n) is 16.3. The van der Waals surface area contributed by atoms with Crippen LogP contribution in [-0.2, 0) is 38.1 Å². The molecule has 0 aromatic heterocycles. The van der Waals surface area contributed by atoms with Crippen LogP contribution in [0.15, 0.2) is 120 Å². The molecule has 3 fully saturated rings. The van der Waals surface area contributed by atoms with Gasteiger partial charge in [-0.3, -0.25) is 0 Å². The molecule has 0 amide bonds. The Balaban J connectivity index is 0.955. The van der Waals surface area contributed by atoms with Crippen molar-refractivity contribution in [3.8, 4) is 0 Å². The van der Waals surface area contributed by atoms with Gasteiger partial charge in [-0.15, -0.1) is 0 Å². The summed E-state index contributed by atoms with van der Waals surface area (Å²) in [6.07, 6.45) is 10.7. The van der Waals surface area contributed by atoms with E-state index in [0.29, 0.717) is 11.1 Å². The maximum Gasteiger partial charge on any atom is 0.348 e. The molecule has 4 aromatic rings. The zero-order chi connectivity index (χ0) is 34.6. The highest BCUT2D eigenvalue weighted by atomic mass is 16.8. The average molecular weight is 665 g/mol. The maximum atomic E-state index is 13.0. The second-order valence-corrected chi connectivity index (χ2v) is 12.3. The van der Waals surface area contributed by atoms with Gasteiger partial charge in [0.2, 0.25) is 0 Å².